The van der Waals surface area contributed by atoms with Crippen LogP contribution in [0.3, 0.4) is 0 Å². The summed E-state index contributed by atoms with van der Waals surface area (Å²) in [7, 11) is 0. The van der Waals surface area contributed by atoms with Gasteiger partial charge in [-0.25, -0.2) is 4.70 Å². The van der Waals surface area contributed by atoms with E-state index in [1.807, 2.05) is 0 Å². The van der Waals surface area contributed by atoms with Crippen molar-refractivity contribution < 1.29 is 25.1 Å². The van der Waals surface area contributed by atoms with E-state index in [2.05, 4.69) is 107 Å². The molecule has 0 radical (unpaired) electrons. The standard InChI is InChI=1S/C44H68N2.2C19H39.Pd/c1-8-15-22-34-29-39(30-35(23-16-9-2)41(34)27-20-13-6)43-33-38(26-19-12-5)44(46(43)45)40-31-36(24-17-10-3)42(28-21-14-7)37(32-40)25-18-11-4;2*1-3-5-7-9-11-13-15-17-19-18-16-14-12-10-8-6-4-2;/h29-33H,8-28H2,1-7H3;2*1,3-19H2,2H3;/q;2*-1;+2. The number of allylic oxidation sites excluding steroid dienone is 2. The van der Waals surface area contributed by atoms with Crippen molar-refractivity contribution >= 4 is 11.4 Å². The number of benzene rings is 2. The zero-order valence-corrected chi connectivity index (χ0v) is 60.5. The summed E-state index contributed by atoms with van der Waals surface area (Å²) in [4.78, 5) is 0. The molecule has 1 heterocycles. The summed E-state index contributed by atoms with van der Waals surface area (Å²) < 4.78 is 1.59. The predicted octanol–water partition coefficient (Wildman–Crippen LogP) is 28.7. The third-order valence-electron chi connectivity index (χ3n) is 18.3. The van der Waals surface area contributed by atoms with Crippen LogP contribution >= 0.6 is 0 Å². The van der Waals surface area contributed by atoms with Crippen LogP contribution in [0.4, 0.5) is 0 Å². The molecule has 0 atom stereocenters. The fourth-order valence-corrected chi connectivity index (χ4v) is 12.7. The maximum absolute atomic E-state index is 12.2. The molecule has 0 aliphatic carbocycles. The van der Waals surface area contributed by atoms with Gasteiger partial charge in [-0.1, -0.05) is 313 Å². The van der Waals surface area contributed by atoms with Crippen LogP contribution in [0.2, 0.25) is 0 Å². The van der Waals surface area contributed by atoms with E-state index >= 15 is 0 Å². The van der Waals surface area contributed by atoms with Crippen molar-refractivity contribution in [2.24, 2.45) is 0 Å². The van der Waals surface area contributed by atoms with Crippen LogP contribution in [0.1, 0.15) is 421 Å². The van der Waals surface area contributed by atoms with E-state index in [0.717, 1.165) is 69.2 Å². The topological polar surface area (TPSA) is 25.3 Å². The average Bonchev–Trinajstić information content (AvgIpc) is 3.15. The van der Waals surface area contributed by atoms with Crippen LogP contribution < -0.4 is 0 Å². The average molecular weight is 1270 g/mol. The van der Waals surface area contributed by atoms with Gasteiger partial charge >= 0.3 is 20.4 Å². The molecule has 0 spiro atoms. The van der Waals surface area contributed by atoms with Crippen LogP contribution in [-0.2, 0) is 58.9 Å². The third-order valence-corrected chi connectivity index (χ3v) is 18.3. The molecule has 0 aromatic heterocycles. The van der Waals surface area contributed by atoms with E-state index in [-0.39, 0.29) is 20.4 Å². The molecule has 85 heavy (non-hydrogen) atoms. The second-order valence-electron chi connectivity index (χ2n) is 26.3. The summed E-state index contributed by atoms with van der Waals surface area (Å²) in [5.74, 6) is 0. The van der Waals surface area contributed by atoms with E-state index in [1.54, 1.807) is 15.8 Å². The zero-order valence-electron chi connectivity index (χ0n) is 58.9. The Kier molecular flexibility index (Phi) is 59.8. The Morgan fingerprint density at radius 2 is 0.506 bits per heavy atom. The summed E-state index contributed by atoms with van der Waals surface area (Å²) in [6.45, 7) is 28.5. The van der Waals surface area contributed by atoms with Gasteiger partial charge in [0.1, 0.15) is 0 Å². The molecule has 494 valence electrons. The number of nitrogens with zero attached hydrogens (tertiary/aromatic N) is 2. The first kappa shape index (κ1) is 83.2. The molecule has 0 fully saturated rings. The van der Waals surface area contributed by atoms with Gasteiger partial charge in [0.15, 0.2) is 0 Å². The molecule has 3 heteroatoms. The van der Waals surface area contributed by atoms with E-state index in [1.165, 1.54) is 334 Å². The van der Waals surface area contributed by atoms with E-state index in [9.17, 15) is 5.53 Å². The molecule has 0 amide bonds. The Morgan fingerprint density at radius 1 is 0.282 bits per heavy atom. The fourth-order valence-electron chi connectivity index (χ4n) is 12.7. The van der Waals surface area contributed by atoms with Crippen molar-refractivity contribution in [3.63, 3.8) is 0 Å². The third kappa shape index (κ3) is 40.5. The van der Waals surface area contributed by atoms with Crippen LogP contribution in [0.15, 0.2) is 35.9 Å². The van der Waals surface area contributed by atoms with E-state index in [0.29, 0.717) is 0 Å². The second-order valence-corrected chi connectivity index (χ2v) is 26.3. The summed E-state index contributed by atoms with van der Waals surface area (Å²) in [5, 5.41) is 0. The van der Waals surface area contributed by atoms with Gasteiger partial charge in [0.2, 0.25) is 11.4 Å². The first-order chi connectivity index (χ1) is 41.3. The van der Waals surface area contributed by atoms with Crippen molar-refractivity contribution in [2.75, 3.05) is 0 Å². The summed E-state index contributed by atoms with van der Waals surface area (Å²) >= 11 is 0. The molecule has 0 N–H and O–H groups in total. The SMILES string of the molecule is CCCCC1=C(c2cc(CCCC)c(CCCC)c(CCCC)c2)[N+](=[N-])C(c2cc(CCCC)c(CCCC)c(CCCC)c2)=C1.[CH2-]CCCCCCCCCCCCCCCCCC.[CH2-]CCCCCCCCCCCCCCCCCC.[Pd+2]. The molecular weight excluding hydrogens is 1120 g/mol. The van der Waals surface area contributed by atoms with Crippen LogP contribution in [-0.4, -0.2) is 4.70 Å². The first-order valence-corrected chi connectivity index (χ1v) is 38.1. The normalized spacial score (nSPS) is 12.1. The number of aryl methyl sites for hydroxylation is 4. The van der Waals surface area contributed by atoms with Crippen molar-refractivity contribution in [3.05, 3.63) is 99.8 Å². The first-order valence-electron chi connectivity index (χ1n) is 38.1. The van der Waals surface area contributed by atoms with Crippen molar-refractivity contribution in [3.8, 4) is 0 Å². The van der Waals surface area contributed by atoms with Crippen molar-refractivity contribution in [1.82, 2.24) is 0 Å². The maximum atomic E-state index is 12.2. The molecule has 1 aliphatic heterocycles. The van der Waals surface area contributed by atoms with Gasteiger partial charge in [0.25, 0.3) is 0 Å². The van der Waals surface area contributed by atoms with Gasteiger partial charge in [0, 0.05) is 22.8 Å². The molecule has 0 saturated heterocycles. The monoisotopic (exact) mass is 1270 g/mol. The molecule has 0 bridgehead atoms. The van der Waals surface area contributed by atoms with Crippen LogP contribution in [0, 0.1) is 13.8 Å². The van der Waals surface area contributed by atoms with E-state index < -0.39 is 0 Å². The number of hydrogen-bond acceptors (Lipinski definition) is 0. The van der Waals surface area contributed by atoms with Gasteiger partial charge in [-0.05, 0) is 148 Å². The Bertz CT molecular complexity index is 1760. The zero-order chi connectivity index (χ0) is 61.4. The fraction of sp³-hybridized carbons (Fsp3) is 0.780. The van der Waals surface area contributed by atoms with Gasteiger partial charge in [0.05, 0.1) is 0 Å². The van der Waals surface area contributed by atoms with Gasteiger partial charge in [-0.15, -0.1) is 0 Å². The molecule has 0 saturated carbocycles. The molecule has 0 unspecified atom stereocenters. The summed E-state index contributed by atoms with van der Waals surface area (Å²) in [6, 6.07) is 9.81. The van der Waals surface area contributed by atoms with Crippen molar-refractivity contribution in [2.45, 2.75) is 415 Å². The molecule has 1 aliphatic rings. The summed E-state index contributed by atoms with van der Waals surface area (Å²) in [6.07, 6.45) is 75.8. The Hall–Kier alpha value is -1.82. The molecule has 2 aromatic carbocycles. The predicted molar refractivity (Wildman–Crippen MR) is 382 cm³/mol. The Balaban J connectivity index is 0.00000149. The smallest absolute Gasteiger partial charge is 0.493 e. The van der Waals surface area contributed by atoms with Gasteiger partial charge < -0.3 is 19.4 Å². The minimum absolute atomic E-state index is 0. The van der Waals surface area contributed by atoms with Crippen LogP contribution in [0.5, 0.6) is 0 Å². The maximum Gasteiger partial charge on any atom is 2.00 e. The number of unbranched alkanes of at least 4 members (excludes halogenated alkanes) is 39. The molecule has 2 nitrogen and oxygen atoms in total. The second kappa shape index (κ2) is 61.1. The molecular formula is C82H146N2Pd. The van der Waals surface area contributed by atoms with E-state index in [4.69, 9.17) is 0 Å². The Labute approximate surface area is 548 Å². The number of hydrogen-bond donors (Lipinski definition) is 0. The van der Waals surface area contributed by atoms with Gasteiger partial charge in [-0.2, -0.15) is 12.8 Å². The minimum Gasteiger partial charge on any atom is -0.493 e. The molecule has 2 aromatic rings. The van der Waals surface area contributed by atoms with Crippen molar-refractivity contribution in [1.29, 1.82) is 0 Å². The quantitative estimate of drug-likeness (QED) is 0.0273. The van der Waals surface area contributed by atoms with Crippen LogP contribution in [0.25, 0.3) is 16.9 Å². The largest absolute Gasteiger partial charge is 2.00 e. The number of rotatable bonds is 55. The minimum atomic E-state index is 0. The summed E-state index contributed by atoms with van der Waals surface area (Å²) in [5.41, 5.74) is 27.2. The molecule has 3 rings (SSSR count). The van der Waals surface area contributed by atoms with Gasteiger partial charge in [-0.3, -0.25) is 0 Å². The Morgan fingerprint density at radius 3 is 0.765 bits per heavy atom.